The van der Waals surface area contributed by atoms with E-state index in [0.717, 1.165) is 56.1 Å². The van der Waals surface area contributed by atoms with Crippen molar-refractivity contribution >= 4 is 28.6 Å². The van der Waals surface area contributed by atoms with Crippen LogP contribution < -0.4 is 16.0 Å². The van der Waals surface area contributed by atoms with Gasteiger partial charge in [-0.2, -0.15) is 0 Å². The Kier molecular flexibility index (Phi) is 6.09. The van der Waals surface area contributed by atoms with Crippen molar-refractivity contribution in [3.05, 3.63) is 157 Å². The van der Waals surface area contributed by atoms with E-state index in [1.807, 2.05) is 0 Å². The van der Waals surface area contributed by atoms with Crippen LogP contribution in [0.3, 0.4) is 0 Å². The third kappa shape index (κ3) is 4.40. The summed E-state index contributed by atoms with van der Waals surface area (Å²) in [6.45, 7) is 13.1. The highest BCUT2D eigenvalue weighted by Crippen LogP contribution is 2.35. The summed E-state index contributed by atoms with van der Waals surface area (Å²) >= 11 is 0. The lowest BCUT2D eigenvalue weighted by molar-refractivity contribution is 1.00. The van der Waals surface area contributed by atoms with Crippen LogP contribution >= 0.6 is 0 Å². The van der Waals surface area contributed by atoms with Gasteiger partial charge < -0.3 is 10.3 Å². The molecule has 42 heavy (non-hydrogen) atoms. The van der Waals surface area contributed by atoms with Crippen LogP contribution in [0.4, 0.5) is 0 Å². The summed E-state index contributed by atoms with van der Waals surface area (Å²) in [5.41, 5.74) is 17.8. The van der Waals surface area contributed by atoms with Crippen LogP contribution in [0.5, 0.6) is 0 Å². The minimum atomic E-state index is 0.906. The highest BCUT2D eigenvalue weighted by molar-refractivity contribution is 6.33. The number of rotatable bonds is 2. The molecule has 4 nitrogen and oxygen atoms in total. The quantitative estimate of drug-likeness (QED) is 0.377. The number of nitrogens with one attached hydrogen (secondary N) is 2. The summed E-state index contributed by atoms with van der Waals surface area (Å²) < 4.78 is 0. The van der Waals surface area contributed by atoms with Gasteiger partial charge in [0.25, 0.3) is 0 Å². The smallest absolute Gasteiger partial charge is 0.0872 e. The number of benzene rings is 2. The Labute approximate surface area is 247 Å². The second kappa shape index (κ2) is 9.85. The Morgan fingerprint density at radius 3 is 1.95 bits per heavy atom. The lowest BCUT2D eigenvalue weighted by Crippen LogP contribution is -2.24. The molecule has 8 bridgehead atoms. The van der Waals surface area contributed by atoms with Crippen molar-refractivity contribution in [1.82, 2.24) is 10.3 Å². The molecule has 0 spiro atoms. The van der Waals surface area contributed by atoms with E-state index < -0.39 is 0 Å². The normalized spacial score (nSPS) is 17.1. The first-order valence-corrected chi connectivity index (χ1v) is 14.5. The molecule has 0 fully saturated rings. The maximum atomic E-state index is 5.21. The van der Waals surface area contributed by atoms with Gasteiger partial charge in [0.05, 0.1) is 28.5 Å². The molecule has 4 heteroatoms. The zero-order chi connectivity index (χ0) is 29.1. The number of aromatic amines is 1. The molecule has 2 aromatic carbocycles. The summed E-state index contributed by atoms with van der Waals surface area (Å²) in [7, 11) is 0. The molecule has 0 atom stereocenters. The fourth-order valence-corrected chi connectivity index (χ4v) is 6.76. The van der Waals surface area contributed by atoms with Gasteiger partial charge in [0.1, 0.15) is 0 Å². The molecule has 0 unspecified atom stereocenters. The van der Waals surface area contributed by atoms with Crippen LogP contribution in [0, 0.1) is 41.5 Å². The van der Waals surface area contributed by atoms with Crippen LogP contribution in [-0.2, 0) is 0 Å². The number of H-pyrrole nitrogens is 1. The monoisotopic (exact) mass is 546 g/mol. The molecular weight excluding hydrogens is 512 g/mol. The number of allylic oxidation sites excluding steroid dienone is 9. The van der Waals surface area contributed by atoms with Gasteiger partial charge in [-0.15, -0.1) is 0 Å². The molecule has 0 radical (unpaired) electrons. The van der Waals surface area contributed by atoms with E-state index in [1.165, 1.54) is 44.5 Å². The Hall–Kier alpha value is -4.96. The van der Waals surface area contributed by atoms with Crippen LogP contribution in [0.25, 0.3) is 17.2 Å². The molecule has 0 aliphatic carbocycles. The predicted octanol–water partition coefficient (Wildman–Crippen LogP) is 6.55. The summed E-state index contributed by atoms with van der Waals surface area (Å²) in [6.07, 6.45) is 17.0. The molecule has 5 heterocycles. The SMILES string of the molecule is Cc1cc(C)c(C2=C3C=CC(=N3)C=c3ccc([nH]3)=C(c3c(C)cc(C)cc3C)C3=CC=CC(=C4C=CC2=N4)N3)c(C)c1. The van der Waals surface area contributed by atoms with Crippen LogP contribution in [0.1, 0.15) is 44.5 Å². The van der Waals surface area contributed by atoms with E-state index in [-0.39, 0.29) is 0 Å². The predicted molar refractivity (Wildman–Crippen MR) is 176 cm³/mol. The molecule has 3 aromatic rings. The van der Waals surface area contributed by atoms with Gasteiger partial charge in [-0.3, -0.25) is 0 Å². The standard InChI is InChI=1S/C38H34N4/c1-21-16-23(3)35(24(4)17-21)37-31-9-7-8-29(41-31)30-14-15-34(42-30)38(36-25(5)18-22(2)19-26(36)6)33-13-11-28(40-33)20-27-10-12-32(37)39-27/h7-20,39,41H,1-6H3. The Morgan fingerprint density at radius 2 is 1.26 bits per heavy atom. The third-order valence-corrected chi connectivity index (χ3v) is 8.29. The number of aliphatic imine (C=N–C) groups is 2. The first kappa shape index (κ1) is 26.0. The summed E-state index contributed by atoms with van der Waals surface area (Å²) in [4.78, 5) is 14.0. The molecule has 0 amide bonds. The van der Waals surface area contributed by atoms with Crippen molar-refractivity contribution < 1.29 is 0 Å². The number of aromatic nitrogens is 1. The maximum Gasteiger partial charge on any atom is 0.0872 e. The van der Waals surface area contributed by atoms with Gasteiger partial charge in [-0.25, -0.2) is 9.98 Å². The number of hydrogen-bond acceptors (Lipinski definition) is 3. The first-order valence-electron chi connectivity index (χ1n) is 14.5. The van der Waals surface area contributed by atoms with Crippen molar-refractivity contribution in [2.75, 3.05) is 0 Å². The van der Waals surface area contributed by atoms with E-state index in [2.05, 4.69) is 137 Å². The molecule has 4 aliphatic rings. The fourth-order valence-electron chi connectivity index (χ4n) is 6.76. The van der Waals surface area contributed by atoms with Gasteiger partial charge in [0.2, 0.25) is 0 Å². The Morgan fingerprint density at radius 1 is 0.619 bits per heavy atom. The van der Waals surface area contributed by atoms with Gasteiger partial charge >= 0.3 is 0 Å². The van der Waals surface area contributed by atoms with Crippen LogP contribution in [0.2, 0.25) is 0 Å². The van der Waals surface area contributed by atoms with Gasteiger partial charge in [0, 0.05) is 27.5 Å². The van der Waals surface area contributed by atoms with E-state index in [1.54, 1.807) is 0 Å². The number of fused-ring (bicyclic) bond motifs is 6. The summed E-state index contributed by atoms with van der Waals surface area (Å²) in [6, 6.07) is 13.3. The molecule has 4 aliphatic heterocycles. The third-order valence-electron chi connectivity index (χ3n) is 8.29. The first-order chi connectivity index (χ1) is 20.2. The zero-order valence-electron chi connectivity index (χ0n) is 25.0. The van der Waals surface area contributed by atoms with Gasteiger partial charge in [0.15, 0.2) is 0 Å². The van der Waals surface area contributed by atoms with Crippen LogP contribution in [-0.4, -0.2) is 16.4 Å². The lowest BCUT2D eigenvalue weighted by atomic mass is 9.90. The van der Waals surface area contributed by atoms with Crippen LogP contribution in [0.15, 0.2) is 112 Å². The highest BCUT2D eigenvalue weighted by Gasteiger charge is 2.24. The second-order valence-corrected chi connectivity index (χ2v) is 11.7. The molecular formula is C38H34N4. The summed E-state index contributed by atoms with van der Waals surface area (Å²) in [5, 5.41) is 5.82. The van der Waals surface area contributed by atoms with E-state index in [4.69, 9.17) is 9.98 Å². The molecule has 1 aromatic heterocycles. The van der Waals surface area contributed by atoms with Crippen molar-refractivity contribution in [1.29, 1.82) is 0 Å². The Bertz CT molecular complexity index is 2050. The van der Waals surface area contributed by atoms with Crippen molar-refractivity contribution in [3.63, 3.8) is 0 Å². The second-order valence-electron chi connectivity index (χ2n) is 11.7. The topological polar surface area (TPSA) is 52.5 Å². The molecule has 2 N–H and O–H groups in total. The lowest BCUT2D eigenvalue weighted by Gasteiger charge is -2.22. The van der Waals surface area contributed by atoms with Crippen molar-refractivity contribution in [2.24, 2.45) is 9.98 Å². The van der Waals surface area contributed by atoms with E-state index >= 15 is 0 Å². The van der Waals surface area contributed by atoms with Gasteiger partial charge in [-0.05, 0) is 130 Å². The molecule has 7 rings (SSSR count). The fraction of sp³-hybridized carbons (Fsp3) is 0.158. The highest BCUT2D eigenvalue weighted by atomic mass is 14.9. The average Bonchev–Trinajstić information content (AvgIpc) is 3.70. The molecule has 0 saturated heterocycles. The summed E-state index contributed by atoms with van der Waals surface area (Å²) in [5.74, 6) is 0. The largest absolute Gasteiger partial charge is 0.355 e. The minimum absolute atomic E-state index is 0.906. The Balaban J connectivity index is 1.53. The number of nitrogens with zero attached hydrogens (tertiary/aromatic N) is 2. The molecule has 206 valence electrons. The van der Waals surface area contributed by atoms with E-state index in [0.29, 0.717) is 0 Å². The number of dihydropyridines is 1. The van der Waals surface area contributed by atoms with Crippen molar-refractivity contribution in [2.45, 2.75) is 41.5 Å². The number of aryl methyl sites for hydroxylation is 6. The number of hydrogen-bond donors (Lipinski definition) is 2. The maximum absolute atomic E-state index is 5.21. The van der Waals surface area contributed by atoms with Crippen molar-refractivity contribution in [3.8, 4) is 0 Å². The zero-order valence-corrected chi connectivity index (χ0v) is 25.0. The molecule has 0 saturated carbocycles. The average molecular weight is 547 g/mol. The van der Waals surface area contributed by atoms with Gasteiger partial charge in [-0.1, -0.05) is 41.5 Å². The van der Waals surface area contributed by atoms with E-state index in [9.17, 15) is 0 Å². The minimum Gasteiger partial charge on any atom is -0.355 e.